The first kappa shape index (κ1) is 27.1. The van der Waals surface area contributed by atoms with Crippen molar-refractivity contribution in [3.63, 3.8) is 0 Å². The van der Waals surface area contributed by atoms with Crippen LogP contribution < -0.4 is 16.2 Å². The number of H-pyrrole nitrogens is 1. The number of pyridine rings is 1. The Morgan fingerprint density at radius 3 is 2.85 bits per heavy atom. The second-order valence-corrected chi connectivity index (χ2v) is 10.1. The number of hydrogen-bond donors (Lipinski definition) is 4. The fourth-order valence-corrected chi connectivity index (χ4v) is 5.22. The van der Waals surface area contributed by atoms with Gasteiger partial charge < -0.3 is 34.9 Å². The van der Waals surface area contributed by atoms with Crippen LogP contribution in [-0.4, -0.2) is 81.3 Å². The van der Waals surface area contributed by atoms with Crippen LogP contribution in [-0.2, 0) is 32.1 Å². The van der Waals surface area contributed by atoms with Gasteiger partial charge in [0.15, 0.2) is 0 Å². The molecule has 0 radical (unpaired) electrons. The highest BCUT2D eigenvalue weighted by Gasteiger charge is 2.47. The molecular weight excluding hydrogens is 528 g/mol. The maximum absolute atomic E-state index is 13.5. The number of nitrogens with one attached hydrogen (secondary N) is 3. The van der Waals surface area contributed by atoms with E-state index in [0.29, 0.717) is 37.7 Å². The fourth-order valence-electron chi connectivity index (χ4n) is 5.22. The SMILES string of the molecule is O=C(Cn1c(-c2ccccc2)ncc(NCCCO[C@@H]2CO[C@H]3[C@@H]2OC[C@H]3O)c1=O)NCc1cc2cnccc2[nH]1. The summed E-state index contributed by atoms with van der Waals surface area (Å²) >= 11 is 0. The molecule has 5 heterocycles. The molecule has 4 atom stereocenters. The molecular formula is C29H32N6O6. The van der Waals surface area contributed by atoms with Gasteiger partial charge in [-0.15, -0.1) is 0 Å². The first-order valence-electron chi connectivity index (χ1n) is 13.7. The summed E-state index contributed by atoms with van der Waals surface area (Å²) in [7, 11) is 0. The fraction of sp³-hybridized carbons (Fsp3) is 0.379. The number of carbonyl (C=O) groups is 1. The molecule has 3 aromatic heterocycles. The van der Waals surface area contributed by atoms with Crippen molar-refractivity contribution in [3.05, 3.63) is 77.1 Å². The lowest BCUT2D eigenvalue weighted by atomic mass is 10.1. The monoisotopic (exact) mass is 560 g/mol. The molecule has 12 heteroatoms. The summed E-state index contributed by atoms with van der Waals surface area (Å²) in [5.74, 6) is 0.0932. The van der Waals surface area contributed by atoms with Crippen molar-refractivity contribution >= 4 is 22.5 Å². The molecule has 0 spiro atoms. The predicted octanol–water partition coefficient (Wildman–Crippen LogP) is 1.45. The molecule has 214 valence electrons. The number of nitrogens with zero attached hydrogens (tertiary/aromatic N) is 3. The molecule has 41 heavy (non-hydrogen) atoms. The molecule has 1 aromatic carbocycles. The van der Waals surface area contributed by atoms with Gasteiger partial charge in [0.05, 0.1) is 26.0 Å². The van der Waals surface area contributed by atoms with Crippen LogP contribution in [0.25, 0.3) is 22.3 Å². The van der Waals surface area contributed by atoms with E-state index in [1.807, 2.05) is 42.5 Å². The van der Waals surface area contributed by atoms with Crippen molar-refractivity contribution in [2.45, 2.75) is 43.9 Å². The zero-order chi connectivity index (χ0) is 28.2. The third kappa shape index (κ3) is 6.00. The second-order valence-electron chi connectivity index (χ2n) is 10.1. The van der Waals surface area contributed by atoms with Gasteiger partial charge in [-0.05, 0) is 18.6 Å². The minimum absolute atomic E-state index is 0.188. The van der Waals surface area contributed by atoms with Crippen LogP contribution in [0.15, 0.2) is 65.8 Å². The summed E-state index contributed by atoms with van der Waals surface area (Å²) in [5.41, 5.74) is 2.46. The molecule has 1 amide bonds. The summed E-state index contributed by atoms with van der Waals surface area (Å²) in [6.45, 7) is 1.63. The average molecular weight is 561 g/mol. The van der Waals surface area contributed by atoms with E-state index >= 15 is 0 Å². The Morgan fingerprint density at radius 1 is 1.15 bits per heavy atom. The van der Waals surface area contributed by atoms with Gasteiger partial charge in [0, 0.05) is 47.7 Å². The van der Waals surface area contributed by atoms with E-state index in [1.54, 1.807) is 12.4 Å². The minimum Gasteiger partial charge on any atom is -0.388 e. The third-order valence-corrected chi connectivity index (χ3v) is 7.28. The van der Waals surface area contributed by atoms with Gasteiger partial charge >= 0.3 is 0 Å². The Balaban J connectivity index is 1.08. The highest BCUT2D eigenvalue weighted by molar-refractivity contribution is 5.80. The van der Waals surface area contributed by atoms with Gasteiger partial charge in [0.1, 0.15) is 42.5 Å². The van der Waals surface area contributed by atoms with E-state index in [0.717, 1.165) is 22.2 Å². The Bertz CT molecular complexity index is 1520. The zero-order valence-electron chi connectivity index (χ0n) is 22.4. The van der Waals surface area contributed by atoms with Gasteiger partial charge in [-0.2, -0.15) is 0 Å². The molecule has 4 aromatic rings. The van der Waals surface area contributed by atoms with Crippen LogP contribution in [0.5, 0.6) is 0 Å². The quantitative estimate of drug-likeness (QED) is 0.200. The third-order valence-electron chi connectivity index (χ3n) is 7.28. The zero-order valence-corrected chi connectivity index (χ0v) is 22.4. The van der Waals surface area contributed by atoms with Gasteiger partial charge in [-0.25, -0.2) is 4.98 Å². The van der Waals surface area contributed by atoms with Gasteiger partial charge in [0.25, 0.3) is 5.56 Å². The molecule has 4 N–H and O–H groups in total. The van der Waals surface area contributed by atoms with Crippen molar-refractivity contribution in [1.29, 1.82) is 0 Å². The number of benzene rings is 1. The summed E-state index contributed by atoms with van der Waals surface area (Å²) in [6.07, 6.45) is 4.17. The molecule has 0 unspecified atom stereocenters. The van der Waals surface area contributed by atoms with E-state index in [4.69, 9.17) is 14.2 Å². The molecule has 2 saturated heterocycles. The highest BCUT2D eigenvalue weighted by atomic mass is 16.6. The molecule has 12 nitrogen and oxygen atoms in total. The van der Waals surface area contributed by atoms with Gasteiger partial charge in [0.2, 0.25) is 5.91 Å². The number of aliphatic hydroxyl groups is 1. The average Bonchev–Trinajstić information content (AvgIpc) is 3.70. The molecule has 2 aliphatic heterocycles. The van der Waals surface area contributed by atoms with Crippen molar-refractivity contribution in [3.8, 4) is 11.4 Å². The summed E-state index contributed by atoms with van der Waals surface area (Å²) in [6, 6.07) is 13.1. The molecule has 2 aliphatic rings. The molecule has 2 fully saturated rings. The maximum Gasteiger partial charge on any atom is 0.277 e. The number of amides is 1. The number of ether oxygens (including phenoxy) is 3. The molecule has 0 bridgehead atoms. The van der Waals surface area contributed by atoms with Crippen molar-refractivity contribution in [2.24, 2.45) is 0 Å². The number of fused-ring (bicyclic) bond motifs is 2. The number of hydrogen-bond acceptors (Lipinski definition) is 9. The van der Waals surface area contributed by atoms with E-state index < -0.39 is 6.10 Å². The second kappa shape index (κ2) is 12.2. The molecule has 6 rings (SSSR count). The Labute approximate surface area is 235 Å². The van der Waals surface area contributed by atoms with Gasteiger partial charge in [-0.3, -0.25) is 19.1 Å². The Morgan fingerprint density at radius 2 is 2.00 bits per heavy atom. The normalized spacial score (nSPS) is 21.7. The van der Waals surface area contributed by atoms with Crippen LogP contribution in [0.4, 0.5) is 5.69 Å². The molecule has 0 saturated carbocycles. The van der Waals surface area contributed by atoms with E-state index in [1.165, 1.54) is 10.8 Å². The lowest BCUT2D eigenvalue weighted by Gasteiger charge is -2.17. The first-order valence-corrected chi connectivity index (χ1v) is 13.7. The van der Waals surface area contributed by atoms with E-state index in [9.17, 15) is 14.7 Å². The Kier molecular flexibility index (Phi) is 8.05. The van der Waals surface area contributed by atoms with Crippen LogP contribution in [0.1, 0.15) is 12.1 Å². The van der Waals surface area contributed by atoms with Crippen LogP contribution in [0.3, 0.4) is 0 Å². The van der Waals surface area contributed by atoms with E-state index in [2.05, 4.69) is 25.6 Å². The van der Waals surface area contributed by atoms with E-state index in [-0.39, 0.29) is 49.5 Å². The highest BCUT2D eigenvalue weighted by Crippen LogP contribution is 2.28. The first-order chi connectivity index (χ1) is 20.1. The number of anilines is 1. The smallest absolute Gasteiger partial charge is 0.277 e. The summed E-state index contributed by atoms with van der Waals surface area (Å²) in [4.78, 5) is 38.4. The number of carbonyl (C=O) groups excluding carboxylic acids is 1. The van der Waals surface area contributed by atoms with Crippen LogP contribution >= 0.6 is 0 Å². The number of aliphatic hydroxyl groups excluding tert-OH is 1. The lowest BCUT2D eigenvalue weighted by molar-refractivity contribution is -0.121. The van der Waals surface area contributed by atoms with Crippen molar-refractivity contribution in [2.75, 3.05) is 31.7 Å². The number of aromatic amines is 1. The van der Waals surface area contributed by atoms with Gasteiger partial charge in [-0.1, -0.05) is 30.3 Å². The number of aromatic nitrogens is 4. The largest absolute Gasteiger partial charge is 0.388 e. The van der Waals surface area contributed by atoms with Crippen molar-refractivity contribution in [1.82, 2.24) is 24.8 Å². The van der Waals surface area contributed by atoms with Crippen LogP contribution in [0.2, 0.25) is 0 Å². The topological polar surface area (TPSA) is 153 Å². The van der Waals surface area contributed by atoms with Crippen LogP contribution in [0, 0.1) is 0 Å². The van der Waals surface area contributed by atoms with Crippen molar-refractivity contribution < 1.29 is 24.1 Å². The molecule has 0 aliphatic carbocycles. The summed E-state index contributed by atoms with van der Waals surface area (Å²) < 4.78 is 18.5. The predicted molar refractivity (Wildman–Crippen MR) is 150 cm³/mol. The standard InChI is InChI=1S/C29H32N6O6/c36-23-16-40-27-24(17-41-26(23)27)39-10-4-8-31-22-14-33-28(18-5-2-1-3-6-18)35(29(22)38)15-25(37)32-13-20-11-19-12-30-9-7-21(19)34-20/h1-3,5-7,9,11-12,14,23-24,26-27,31,34,36H,4,8,10,13,15-17H2,(H,32,37)/t23-,24-,26-,27-/m1/s1. The number of rotatable bonds is 11. The Hall–Kier alpha value is -4.10. The summed E-state index contributed by atoms with van der Waals surface area (Å²) in [5, 5.41) is 16.9. The maximum atomic E-state index is 13.5. The minimum atomic E-state index is -0.614. The lowest BCUT2D eigenvalue weighted by Crippen LogP contribution is -2.34.